The Morgan fingerprint density at radius 1 is 1.45 bits per heavy atom. The van der Waals surface area contributed by atoms with E-state index in [-0.39, 0.29) is 11.4 Å². The van der Waals surface area contributed by atoms with Gasteiger partial charge in [-0.25, -0.2) is 4.98 Å². The van der Waals surface area contributed by atoms with Crippen molar-refractivity contribution in [1.29, 1.82) is 0 Å². The van der Waals surface area contributed by atoms with E-state index in [9.17, 15) is 4.79 Å². The van der Waals surface area contributed by atoms with Gasteiger partial charge >= 0.3 is 0 Å². The summed E-state index contributed by atoms with van der Waals surface area (Å²) >= 11 is 0. The van der Waals surface area contributed by atoms with E-state index in [4.69, 9.17) is 0 Å². The minimum atomic E-state index is -0.159. The van der Waals surface area contributed by atoms with Crippen LogP contribution in [0, 0.1) is 5.92 Å². The van der Waals surface area contributed by atoms with Gasteiger partial charge in [-0.1, -0.05) is 20.8 Å². The van der Waals surface area contributed by atoms with Crippen LogP contribution in [0.3, 0.4) is 0 Å². The van der Waals surface area contributed by atoms with Gasteiger partial charge in [-0.15, -0.1) is 0 Å². The zero-order valence-electron chi connectivity index (χ0n) is 13.4. The van der Waals surface area contributed by atoms with E-state index in [1.54, 1.807) is 6.20 Å². The van der Waals surface area contributed by atoms with E-state index in [2.05, 4.69) is 36.4 Å². The highest BCUT2D eigenvalue weighted by atomic mass is 16.2. The molecule has 0 aromatic carbocycles. The maximum absolute atomic E-state index is 12.0. The summed E-state index contributed by atoms with van der Waals surface area (Å²) in [7, 11) is 0. The maximum Gasteiger partial charge on any atom is 0.240 e. The molecular formula is C15H28N4O. The summed E-state index contributed by atoms with van der Waals surface area (Å²) in [5, 5.41) is 6.38. The molecule has 0 radical (unpaired) electrons. The average molecular weight is 280 g/mol. The number of rotatable bonds is 8. The standard InChI is InChI=1S/C15H28N4O/c1-6-15(4,5)18-14(20)11-19-8-7-17-13(19)10-16-9-12(2)3/h7-8,12,16H,6,9-11H2,1-5H3,(H,18,20). The summed E-state index contributed by atoms with van der Waals surface area (Å²) in [6.07, 6.45) is 4.50. The van der Waals surface area contributed by atoms with Crippen molar-refractivity contribution in [1.82, 2.24) is 20.2 Å². The molecule has 1 aromatic rings. The van der Waals surface area contributed by atoms with Gasteiger partial charge in [0.25, 0.3) is 0 Å². The molecule has 0 spiro atoms. The highest BCUT2D eigenvalue weighted by Gasteiger charge is 2.18. The third-order valence-electron chi connectivity index (χ3n) is 3.31. The molecule has 0 atom stereocenters. The van der Waals surface area contributed by atoms with E-state index in [1.807, 2.05) is 24.6 Å². The number of nitrogens with one attached hydrogen (secondary N) is 2. The van der Waals surface area contributed by atoms with E-state index >= 15 is 0 Å². The lowest BCUT2D eigenvalue weighted by atomic mass is 10.0. The van der Waals surface area contributed by atoms with Crippen LogP contribution in [0.5, 0.6) is 0 Å². The van der Waals surface area contributed by atoms with E-state index in [0.717, 1.165) is 18.8 Å². The summed E-state index contributed by atoms with van der Waals surface area (Å²) < 4.78 is 1.90. The minimum absolute atomic E-state index is 0.0277. The van der Waals surface area contributed by atoms with Gasteiger partial charge in [-0.3, -0.25) is 4.79 Å². The number of carbonyl (C=O) groups excluding carboxylic acids is 1. The molecule has 0 aliphatic rings. The van der Waals surface area contributed by atoms with Crippen molar-refractivity contribution in [3.63, 3.8) is 0 Å². The van der Waals surface area contributed by atoms with Crippen LogP contribution in [-0.4, -0.2) is 27.5 Å². The Labute approximate surface area is 122 Å². The normalized spacial score (nSPS) is 11.9. The summed E-state index contributed by atoms with van der Waals surface area (Å²) in [6, 6.07) is 0. The van der Waals surface area contributed by atoms with Gasteiger partial charge < -0.3 is 15.2 Å². The van der Waals surface area contributed by atoms with E-state index < -0.39 is 0 Å². The smallest absolute Gasteiger partial charge is 0.240 e. The Balaban J connectivity index is 2.52. The van der Waals surface area contributed by atoms with Gasteiger partial charge in [0.2, 0.25) is 5.91 Å². The van der Waals surface area contributed by atoms with Crippen LogP contribution < -0.4 is 10.6 Å². The highest BCUT2D eigenvalue weighted by Crippen LogP contribution is 2.07. The van der Waals surface area contributed by atoms with Crippen LogP contribution in [-0.2, 0) is 17.9 Å². The molecule has 0 unspecified atom stereocenters. The first kappa shape index (κ1) is 16.7. The van der Waals surface area contributed by atoms with Gasteiger partial charge in [0.05, 0.1) is 6.54 Å². The molecule has 0 saturated heterocycles. The van der Waals surface area contributed by atoms with Crippen LogP contribution in [0.2, 0.25) is 0 Å². The predicted octanol–water partition coefficient (Wildman–Crippen LogP) is 1.93. The second-order valence-corrected chi connectivity index (χ2v) is 6.28. The lowest BCUT2D eigenvalue weighted by Gasteiger charge is -2.24. The first-order valence-electron chi connectivity index (χ1n) is 7.36. The van der Waals surface area contributed by atoms with Crippen molar-refractivity contribution in [3.05, 3.63) is 18.2 Å². The average Bonchev–Trinajstić information content (AvgIpc) is 2.75. The highest BCUT2D eigenvalue weighted by molar-refractivity contribution is 5.76. The molecule has 114 valence electrons. The zero-order chi connectivity index (χ0) is 15.2. The van der Waals surface area contributed by atoms with Gasteiger partial charge in [-0.05, 0) is 32.7 Å². The fraction of sp³-hybridized carbons (Fsp3) is 0.733. The molecule has 20 heavy (non-hydrogen) atoms. The molecule has 2 N–H and O–H groups in total. The fourth-order valence-corrected chi connectivity index (χ4v) is 1.78. The van der Waals surface area contributed by atoms with E-state index in [1.165, 1.54) is 0 Å². The summed E-state index contributed by atoms with van der Waals surface area (Å²) in [5.41, 5.74) is -0.159. The Hall–Kier alpha value is -1.36. The molecule has 1 rings (SSSR count). The molecule has 0 bridgehead atoms. The number of carbonyl (C=O) groups is 1. The topological polar surface area (TPSA) is 59.0 Å². The molecular weight excluding hydrogens is 252 g/mol. The summed E-state index contributed by atoms with van der Waals surface area (Å²) in [6.45, 7) is 12.4. The summed E-state index contributed by atoms with van der Waals surface area (Å²) in [4.78, 5) is 16.3. The van der Waals surface area contributed by atoms with Gasteiger partial charge in [0.15, 0.2) is 0 Å². The molecule has 0 fully saturated rings. The fourth-order valence-electron chi connectivity index (χ4n) is 1.78. The van der Waals surface area contributed by atoms with Crippen molar-refractivity contribution in [2.24, 2.45) is 5.92 Å². The monoisotopic (exact) mass is 280 g/mol. The molecule has 1 aromatic heterocycles. The van der Waals surface area contributed by atoms with E-state index in [0.29, 0.717) is 19.0 Å². The van der Waals surface area contributed by atoms with Crippen molar-refractivity contribution in [2.45, 2.75) is 59.7 Å². The van der Waals surface area contributed by atoms with Gasteiger partial charge in [-0.2, -0.15) is 0 Å². The third-order valence-corrected chi connectivity index (χ3v) is 3.31. The number of imidazole rings is 1. The number of hydrogen-bond acceptors (Lipinski definition) is 3. The van der Waals surface area contributed by atoms with Crippen LogP contribution in [0.4, 0.5) is 0 Å². The minimum Gasteiger partial charge on any atom is -0.350 e. The molecule has 5 heteroatoms. The molecule has 1 amide bonds. The Kier molecular flexibility index (Phi) is 6.20. The lowest BCUT2D eigenvalue weighted by Crippen LogP contribution is -2.44. The van der Waals surface area contributed by atoms with Crippen LogP contribution in [0.1, 0.15) is 46.9 Å². The predicted molar refractivity (Wildman–Crippen MR) is 81.3 cm³/mol. The molecule has 0 aliphatic carbocycles. The number of hydrogen-bond donors (Lipinski definition) is 2. The Bertz CT molecular complexity index is 423. The third kappa shape index (κ3) is 5.74. The molecule has 0 saturated carbocycles. The number of nitrogens with zero attached hydrogens (tertiary/aromatic N) is 2. The quantitative estimate of drug-likeness (QED) is 0.765. The number of amides is 1. The van der Waals surface area contributed by atoms with Crippen molar-refractivity contribution < 1.29 is 4.79 Å². The lowest BCUT2D eigenvalue weighted by molar-refractivity contribution is -0.123. The SMILES string of the molecule is CCC(C)(C)NC(=O)Cn1ccnc1CNCC(C)C. The van der Waals surface area contributed by atoms with Gasteiger partial charge in [0, 0.05) is 17.9 Å². The van der Waals surface area contributed by atoms with Crippen LogP contribution in [0.15, 0.2) is 12.4 Å². The van der Waals surface area contributed by atoms with Crippen LogP contribution in [0.25, 0.3) is 0 Å². The maximum atomic E-state index is 12.0. The van der Waals surface area contributed by atoms with Crippen molar-refractivity contribution >= 4 is 5.91 Å². The van der Waals surface area contributed by atoms with Crippen molar-refractivity contribution in [2.75, 3.05) is 6.54 Å². The zero-order valence-corrected chi connectivity index (χ0v) is 13.4. The van der Waals surface area contributed by atoms with Crippen molar-refractivity contribution in [3.8, 4) is 0 Å². The largest absolute Gasteiger partial charge is 0.350 e. The second-order valence-electron chi connectivity index (χ2n) is 6.28. The van der Waals surface area contributed by atoms with Crippen LogP contribution >= 0.6 is 0 Å². The Morgan fingerprint density at radius 3 is 2.75 bits per heavy atom. The molecule has 5 nitrogen and oxygen atoms in total. The number of aromatic nitrogens is 2. The first-order chi connectivity index (χ1) is 9.34. The summed E-state index contributed by atoms with van der Waals surface area (Å²) in [5.74, 6) is 1.53. The first-order valence-corrected chi connectivity index (χ1v) is 7.36. The second kappa shape index (κ2) is 7.43. The Morgan fingerprint density at radius 2 is 2.15 bits per heavy atom. The van der Waals surface area contributed by atoms with Gasteiger partial charge in [0.1, 0.15) is 12.4 Å². The molecule has 1 heterocycles. The molecule has 0 aliphatic heterocycles.